The fourth-order valence-corrected chi connectivity index (χ4v) is 4.74. The predicted molar refractivity (Wildman–Crippen MR) is 89.3 cm³/mol. The highest BCUT2D eigenvalue weighted by molar-refractivity contribution is 7.89. The normalized spacial score (nSPS) is 19.5. The molecule has 0 radical (unpaired) electrons. The van der Waals surface area contributed by atoms with Gasteiger partial charge in [-0.25, -0.2) is 13.1 Å². The van der Waals surface area contributed by atoms with Crippen molar-refractivity contribution in [2.45, 2.75) is 26.3 Å². The minimum atomic E-state index is -3.17. The van der Waals surface area contributed by atoms with Gasteiger partial charge in [-0.3, -0.25) is 0 Å². The number of hydrogen-bond acceptors (Lipinski definition) is 4. The van der Waals surface area contributed by atoms with Crippen molar-refractivity contribution in [3.05, 3.63) is 36.5 Å². The van der Waals surface area contributed by atoms with Gasteiger partial charge in [0.15, 0.2) is 0 Å². The summed E-state index contributed by atoms with van der Waals surface area (Å²) in [7, 11) is -3.17. The van der Waals surface area contributed by atoms with Gasteiger partial charge in [0.1, 0.15) is 5.69 Å². The van der Waals surface area contributed by atoms with E-state index >= 15 is 0 Å². The van der Waals surface area contributed by atoms with Gasteiger partial charge in [-0.2, -0.15) is 4.31 Å². The van der Waals surface area contributed by atoms with E-state index in [1.807, 2.05) is 50.4 Å². The molecule has 0 N–H and O–H groups in total. The van der Waals surface area contributed by atoms with Gasteiger partial charge in [0.2, 0.25) is 10.0 Å². The molecule has 23 heavy (non-hydrogen) atoms. The van der Waals surface area contributed by atoms with Crippen LogP contribution in [-0.4, -0.2) is 46.6 Å². The molecule has 3 rings (SSSR count). The fourth-order valence-electron chi connectivity index (χ4n) is 2.90. The van der Waals surface area contributed by atoms with Crippen LogP contribution in [0.1, 0.15) is 26.3 Å². The number of benzene rings is 1. The first-order chi connectivity index (χ1) is 11.0. The summed E-state index contributed by atoms with van der Waals surface area (Å²) in [5.74, 6) is 0.335. The largest absolute Gasteiger partial charge is 0.247 e. The van der Waals surface area contributed by atoms with Crippen molar-refractivity contribution in [1.82, 2.24) is 19.3 Å². The van der Waals surface area contributed by atoms with Crippen molar-refractivity contribution in [3.63, 3.8) is 0 Å². The van der Waals surface area contributed by atoms with E-state index in [4.69, 9.17) is 0 Å². The van der Waals surface area contributed by atoms with E-state index in [1.54, 1.807) is 8.99 Å². The molecular weight excluding hydrogens is 312 g/mol. The van der Waals surface area contributed by atoms with Gasteiger partial charge >= 0.3 is 0 Å². The second-order valence-electron chi connectivity index (χ2n) is 6.42. The highest BCUT2D eigenvalue weighted by Gasteiger charge is 2.33. The van der Waals surface area contributed by atoms with Crippen molar-refractivity contribution in [3.8, 4) is 11.3 Å². The van der Waals surface area contributed by atoms with E-state index < -0.39 is 10.0 Å². The molecule has 1 saturated heterocycles. The van der Waals surface area contributed by atoms with Gasteiger partial charge in [0.05, 0.1) is 18.0 Å². The van der Waals surface area contributed by atoms with Crippen molar-refractivity contribution in [2.75, 3.05) is 18.8 Å². The summed E-state index contributed by atoms with van der Waals surface area (Å²) in [6, 6.07) is 9.92. The SMILES string of the molecule is CC(C)CS(=O)(=O)N1CCC(n2cc(-c3ccccc3)nn2)C1. The van der Waals surface area contributed by atoms with Crippen LogP contribution in [0.4, 0.5) is 0 Å². The Hall–Kier alpha value is -1.73. The first kappa shape index (κ1) is 16.1. The summed E-state index contributed by atoms with van der Waals surface area (Å²) in [5, 5.41) is 8.41. The molecule has 1 fully saturated rings. The highest BCUT2D eigenvalue weighted by atomic mass is 32.2. The molecule has 0 saturated carbocycles. The van der Waals surface area contributed by atoms with E-state index in [-0.39, 0.29) is 17.7 Å². The lowest BCUT2D eigenvalue weighted by Gasteiger charge is -2.17. The summed E-state index contributed by atoms with van der Waals surface area (Å²) in [4.78, 5) is 0. The molecule has 1 atom stereocenters. The number of sulfonamides is 1. The Bertz CT molecular complexity index is 755. The highest BCUT2D eigenvalue weighted by Crippen LogP contribution is 2.25. The van der Waals surface area contributed by atoms with Crippen LogP contribution in [0, 0.1) is 5.92 Å². The van der Waals surface area contributed by atoms with Crippen LogP contribution < -0.4 is 0 Å². The molecule has 2 heterocycles. The van der Waals surface area contributed by atoms with E-state index in [9.17, 15) is 8.42 Å². The van der Waals surface area contributed by atoms with Crippen LogP contribution in [0.3, 0.4) is 0 Å². The Morgan fingerprint density at radius 3 is 2.70 bits per heavy atom. The first-order valence-electron chi connectivity index (χ1n) is 7.91. The Kier molecular flexibility index (Phi) is 4.50. The van der Waals surface area contributed by atoms with Crippen LogP contribution in [-0.2, 0) is 10.0 Å². The second kappa shape index (κ2) is 6.41. The van der Waals surface area contributed by atoms with Gasteiger partial charge in [-0.15, -0.1) is 5.10 Å². The average molecular weight is 334 g/mol. The molecule has 1 aliphatic rings. The minimum Gasteiger partial charge on any atom is -0.247 e. The summed E-state index contributed by atoms with van der Waals surface area (Å²) >= 11 is 0. The molecule has 1 aromatic heterocycles. The number of hydrogen-bond donors (Lipinski definition) is 0. The Labute approximate surface area is 137 Å². The van der Waals surface area contributed by atoms with E-state index in [1.165, 1.54) is 0 Å². The molecule has 1 aromatic carbocycles. The van der Waals surface area contributed by atoms with Gasteiger partial charge in [0.25, 0.3) is 0 Å². The third kappa shape index (κ3) is 3.61. The topological polar surface area (TPSA) is 68.1 Å². The summed E-state index contributed by atoms with van der Waals surface area (Å²) in [5.41, 5.74) is 1.83. The number of rotatable bonds is 5. The fraction of sp³-hybridized carbons (Fsp3) is 0.500. The monoisotopic (exact) mass is 334 g/mol. The molecule has 7 heteroatoms. The second-order valence-corrected chi connectivity index (χ2v) is 8.44. The molecule has 1 unspecified atom stereocenters. The number of nitrogens with zero attached hydrogens (tertiary/aromatic N) is 4. The third-order valence-electron chi connectivity index (χ3n) is 4.02. The molecular formula is C16H22N4O2S. The predicted octanol–water partition coefficient (Wildman–Crippen LogP) is 2.18. The summed E-state index contributed by atoms with van der Waals surface area (Å²) in [6.45, 7) is 4.89. The first-order valence-corrected chi connectivity index (χ1v) is 9.52. The Morgan fingerprint density at radius 1 is 1.26 bits per heavy atom. The maximum Gasteiger partial charge on any atom is 0.214 e. The third-order valence-corrected chi connectivity index (χ3v) is 6.22. The molecule has 124 valence electrons. The summed E-state index contributed by atoms with van der Waals surface area (Å²) in [6.07, 6.45) is 2.67. The van der Waals surface area contributed by atoms with Crippen molar-refractivity contribution in [2.24, 2.45) is 5.92 Å². The van der Waals surface area contributed by atoms with E-state index in [2.05, 4.69) is 10.3 Å². The van der Waals surface area contributed by atoms with Crippen molar-refractivity contribution in [1.29, 1.82) is 0 Å². The van der Waals surface area contributed by atoms with Gasteiger partial charge in [0, 0.05) is 18.7 Å². The number of aromatic nitrogens is 3. The maximum absolute atomic E-state index is 12.3. The molecule has 0 bridgehead atoms. The molecule has 0 amide bonds. The average Bonchev–Trinajstić information content (AvgIpc) is 3.16. The molecule has 1 aliphatic heterocycles. The van der Waals surface area contributed by atoms with Gasteiger partial charge in [-0.1, -0.05) is 49.4 Å². The zero-order valence-corrected chi connectivity index (χ0v) is 14.3. The van der Waals surface area contributed by atoms with Crippen LogP contribution in [0.5, 0.6) is 0 Å². The molecule has 6 nitrogen and oxygen atoms in total. The molecule has 0 aliphatic carbocycles. The zero-order valence-electron chi connectivity index (χ0n) is 13.5. The molecule has 0 spiro atoms. The molecule has 2 aromatic rings. The lowest BCUT2D eigenvalue weighted by atomic mass is 10.2. The van der Waals surface area contributed by atoms with Gasteiger partial charge < -0.3 is 0 Å². The lowest BCUT2D eigenvalue weighted by Crippen LogP contribution is -2.33. The van der Waals surface area contributed by atoms with Gasteiger partial charge in [-0.05, 0) is 12.3 Å². The van der Waals surface area contributed by atoms with Crippen LogP contribution in [0.25, 0.3) is 11.3 Å². The van der Waals surface area contributed by atoms with Crippen molar-refractivity contribution < 1.29 is 8.42 Å². The van der Waals surface area contributed by atoms with Crippen LogP contribution >= 0.6 is 0 Å². The van der Waals surface area contributed by atoms with E-state index in [0.717, 1.165) is 17.7 Å². The zero-order chi connectivity index (χ0) is 16.4. The van der Waals surface area contributed by atoms with E-state index in [0.29, 0.717) is 13.1 Å². The quantitative estimate of drug-likeness (QED) is 0.840. The Balaban J connectivity index is 1.72. The maximum atomic E-state index is 12.3. The van der Waals surface area contributed by atoms with Crippen molar-refractivity contribution >= 4 is 10.0 Å². The summed E-state index contributed by atoms with van der Waals surface area (Å²) < 4.78 is 28.0. The van der Waals surface area contributed by atoms with Crippen LogP contribution in [0.2, 0.25) is 0 Å². The Morgan fingerprint density at radius 2 is 2.00 bits per heavy atom. The van der Waals surface area contributed by atoms with Crippen LogP contribution in [0.15, 0.2) is 36.5 Å². The lowest BCUT2D eigenvalue weighted by molar-refractivity contribution is 0.425. The smallest absolute Gasteiger partial charge is 0.214 e. The minimum absolute atomic E-state index is 0.0573. The standard InChI is InChI=1S/C16H22N4O2S/c1-13(2)12-23(21,22)19-9-8-15(10-19)20-11-16(17-18-20)14-6-4-3-5-7-14/h3-7,11,13,15H,8-10,12H2,1-2H3.